The number of benzene rings is 1. The Morgan fingerprint density at radius 1 is 1.24 bits per heavy atom. The van der Waals surface area contributed by atoms with Crippen molar-refractivity contribution >= 4 is 17.7 Å². The molecule has 1 aromatic rings. The van der Waals surface area contributed by atoms with Gasteiger partial charge in [0.25, 0.3) is 0 Å². The van der Waals surface area contributed by atoms with Crippen molar-refractivity contribution in [1.82, 2.24) is 0 Å². The summed E-state index contributed by atoms with van der Waals surface area (Å²) >= 11 is 0. The van der Waals surface area contributed by atoms with Gasteiger partial charge in [0.15, 0.2) is 0 Å². The van der Waals surface area contributed by atoms with Crippen molar-refractivity contribution < 1.29 is 28.6 Å². The number of carbonyl (C=O) groups is 3. The molecule has 0 spiro atoms. The van der Waals surface area contributed by atoms with E-state index in [0.717, 1.165) is 23.3 Å². The van der Waals surface area contributed by atoms with Gasteiger partial charge in [0.1, 0.15) is 23.7 Å². The number of Topliss-reactive ketones (excluding diaryl/α,β-unsaturated/α-hetero) is 1. The van der Waals surface area contributed by atoms with Gasteiger partial charge in [-0.15, -0.1) is 11.8 Å². The molecule has 1 aromatic carbocycles. The van der Waals surface area contributed by atoms with Crippen LogP contribution >= 0.6 is 0 Å². The van der Waals surface area contributed by atoms with Crippen LogP contribution in [-0.2, 0) is 30.3 Å². The minimum absolute atomic E-state index is 0.0267. The maximum Gasteiger partial charge on any atom is 0.305 e. The average Bonchev–Trinajstić information content (AvgIpc) is 3.31. The zero-order chi connectivity index (χ0) is 24.0. The predicted octanol–water partition coefficient (Wildman–Crippen LogP) is 4.38. The molecule has 1 aliphatic carbocycles. The van der Waals surface area contributed by atoms with Gasteiger partial charge in [-0.1, -0.05) is 25.1 Å². The first-order chi connectivity index (χ1) is 15.8. The van der Waals surface area contributed by atoms with E-state index in [4.69, 9.17) is 14.2 Å². The maximum atomic E-state index is 12.7. The number of carbonyl (C=O) groups excluding carboxylic acids is 3. The summed E-state index contributed by atoms with van der Waals surface area (Å²) in [6.45, 7) is 5.12. The lowest BCUT2D eigenvalue weighted by atomic mass is 9.83. The van der Waals surface area contributed by atoms with Gasteiger partial charge in [0.05, 0.1) is 7.11 Å². The summed E-state index contributed by atoms with van der Waals surface area (Å²) < 4.78 is 16.8. The van der Waals surface area contributed by atoms with Gasteiger partial charge < -0.3 is 14.2 Å². The van der Waals surface area contributed by atoms with Crippen LogP contribution in [0.2, 0.25) is 0 Å². The topological polar surface area (TPSA) is 78.9 Å². The Kier molecular flexibility index (Phi) is 8.55. The lowest BCUT2D eigenvalue weighted by Gasteiger charge is -2.24. The van der Waals surface area contributed by atoms with Crippen LogP contribution in [0.3, 0.4) is 0 Å². The highest BCUT2D eigenvalue weighted by molar-refractivity contribution is 5.81. The molecule has 1 heterocycles. The van der Waals surface area contributed by atoms with Crippen molar-refractivity contribution in [3.05, 3.63) is 29.3 Å². The summed E-state index contributed by atoms with van der Waals surface area (Å²) in [5, 5.41) is 0. The highest BCUT2D eigenvalue weighted by atomic mass is 16.5. The molecule has 1 unspecified atom stereocenters. The highest BCUT2D eigenvalue weighted by Gasteiger charge is 2.51. The Morgan fingerprint density at radius 2 is 2.03 bits per heavy atom. The van der Waals surface area contributed by atoms with Crippen molar-refractivity contribution in [2.45, 2.75) is 83.8 Å². The molecule has 1 aliphatic heterocycles. The summed E-state index contributed by atoms with van der Waals surface area (Å²) in [5.41, 5.74) is 2.20. The van der Waals surface area contributed by atoms with Crippen LogP contribution in [0.15, 0.2) is 18.2 Å². The number of hydrogen-bond acceptors (Lipinski definition) is 6. The predicted molar refractivity (Wildman–Crippen MR) is 124 cm³/mol. The number of ether oxygens (including phenoxy) is 3. The molecule has 3 rings (SSSR count). The molecular weight excluding hydrogens is 420 g/mol. The molecule has 0 bridgehead atoms. The Hall–Kier alpha value is -2.81. The summed E-state index contributed by atoms with van der Waals surface area (Å²) in [4.78, 5) is 35.9. The molecule has 33 heavy (non-hydrogen) atoms. The summed E-state index contributed by atoms with van der Waals surface area (Å²) in [6, 6.07) is 6.13. The third-order valence-electron chi connectivity index (χ3n) is 6.79. The fourth-order valence-corrected chi connectivity index (χ4v) is 5.13. The first-order valence-corrected chi connectivity index (χ1v) is 11.8. The van der Waals surface area contributed by atoms with E-state index in [2.05, 4.69) is 17.9 Å². The zero-order valence-electron chi connectivity index (χ0n) is 20.0. The van der Waals surface area contributed by atoms with Crippen LogP contribution in [0.25, 0.3) is 0 Å². The Bertz CT molecular complexity index is 940. The molecule has 178 valence electrons. The normalized spacial score (nSPS) is 23.4. The van der Waals surface area contributed by atoms with Gasteiger partial charge in [-0.25, -0.2) is 0 Å². The molecule has 6 heteroatoms. The molecule has 0 aromatic heterocycles. The number of rotatable bonds is 10. The average molecular weight is 455 g/mol. The number of aryl methyl sites for hydroxylation is 1. The lowest BCUT2D eigenvalue weighted by molar-refractivity contribution is -0.148. The second kappa shape index (κ2) is 11.4. The van der Waals surface area contributed by atoms with Crippen LogP contribution in [-0.4, -0.2) is 37.0 Å². The number of ketones is 1. The SMILES string of the molecule is CC#CCC(C)C(=O)CC[C@@H]1[C@H]2c3cccc(CCCC(=O)OC)c3O[C@H]2C[C@H]1OC(C)=O. The summed E-state index contributed by atoms with van der Waals surface area (Å²) in [5.74, 6) is 6.41. The number of hydrogen-bond donors (Lipinski definition) is 0. The van der Waals surface area contributed by atoms with Crippen molar-refractivity contribution in [1.29, 1.82) is 0 Å². The van der Waals surface area contributed by atoms with E-state index in [1.807, 2.05) is 19.1 Å². The van der Waals surface area contributed by atoms with Gasteiger partial charge in [0.2, 0.25) is 0 Å². The Labute approximate surface area is 196 Å². The Morgan fingerprint density at radius 3 is 2.73 bits per heavy atom. The molecule has 2 aliphatic rings. The standard InChI is InChI=1S/C27H34O6/c1-5-6-9-17(2)22(29)15-14-20-23(32-18(3)28)16-24-26(20)21-12-7-10-19(27(21)33-24)11-8-13-25(30)31-4/h7,10,12,17,20,23-24,26H,8-9,11,13-16H2,1-4H3/t17?,20-,23+,24-,26-/m0/s1. The third kappa shape index (κ3) is 5.96. The van der Waals surface area contributed by atoms with E-state index in [-0.39, 0.29) is 47.7 Å². The monoisotopic (exact) mass is 454 g/mol. The second-order valence-corrected chi connectivity index (χ2v) is 9.03. The van der Waals surface area contributed by atoms with Crippen molar-refractivity contribution in [2.24, 2.45) is 11.8 Å². The fourth-order valence-electron chi connectivity index (χ4n) is 5.13. The molecule has 6 nitrogen and oxygen atoms in total. The van der Waals surface area contributed by atoms with Crippen molar-refractivity contribution in [3.63, 3.8) is 0 Å². The fraction of sp³-hybridized carbons (Fsp3) is 0.593. The molecule has 1 saturated carbocycles. The highest BCUT2D eigenvalue weighted by Crippen LogP contribution is 2.53. The Balaban J connectivity index is 1.75. The number of esters is 2. The van der Waals surface area contributed by atoms with E-state index in [0.29, 0.717) is 38.5 Å². The molecule has 5 atom stereocenters. The first-order valence-electron chi connectivity index (χ1n) is 11.8. The van der Waals surface area contributed by atoms with Gasteiger partial charge in [-0.05, 0) is 31.7 Å². The van der Waals surface area contributed by atoms with Crippen LogP contribution in [0.5, 0.6) is 5.75 Å². The molecular formula is C27H34O6. The van der Waals surface area contributed by atoms with Gasteiger partial charge in [-0.2, -0.15) is 0 Å². The summed E-state index contributed by atoms with van der Waals surface area (Å²) in [7, 11) is 1.40. The quantitative estimate of drug-likeness (QED) is 0.386. The first kappa shape index (κ1) is 24.8. The minimum Gasteiger partial charge on any atom is -0.489 e. The van der Waals surface area contributed by atoms with Crippen LogP contribution in [0.4, 0.5) is 0 Å². The molecule has 0 N–H and O–H groups in total. The zero-order valence-corrected chi connectivity index (χ0v) is 20.0. The van der Waals surface area contributed by atoms with E-state index < -0.39 is 0 Å². The molecule has 1 fully saturated rings. The number of fused-ring (bicyclic) bond motifs is 3. The van der Waals surface area contributed by atoms with Crippen LogP contribution in [0, 0.1) is 23.7 Å². The number of para-hydroxylation sites is 1. The van der Waals surface area contributed by atoms with Crippen LogP contribution in [0.1, 0.15) is 76.3 Å². The largest absolute Gasteiger partial charge is 0.489 e. The second-order valence-electron chi connectivity index (χ2n) is 9.03. The van der Waals surface area contributed by atoms with Gasteiger partial charge in [-0.3, -0.25) is 14.4 Å². The maximum absolute atomic E-state index is 12.7. The van der Waals surface area contributed by atoms with Gasteiger partial charge >= 0.3 is 11.9 Å². The minimum atomic E-state index is -0.306. The molecule has 0 amide bonds. The third-order valence-corrected chi connectivity index (χ3v) is 6.79. The van der Waals surface area contributed by atoms with Crippen molar-refractivity contribution in [3.8, 4) is 17.6 Å². The van der Waals surface area contributed by atoms with Crippen LogP contribution < -0.4 is 4.74 Å². The van der Waals surface area contributed by atoms with E-state index >= 15 is 0 Å². The van der Waals surface area contributed by atoms with Crippen molar-refractivity contribution in [2.75, 3.05) is 7.11 Å². The van der Waals surface area contributed by atoms with E-state index in [1.165, 1.54) is 14.0 Å². The lowest BCUT2D eigenvalue weighted by Crippen LogP contribution is -2.25. The van der Waals surface area contributed by atoms with Gasteiger partial charge in [0, 0.05) is 55.9 Å². The van der Waals surface area contributed by atoms with E-state index in [9.17, 15) is 14.4 Å². The van der Waals surface area contributed by atoms with E-state index in [1.54, 1.807) is 6.92 Å². The summed E-state index contributed by atoms with van der Waals surface area (Å²) in [6.07, 6.45) is 3.73. The number of methoxy groups -OCH3 is 1. The molecule has 0 saturated heterocycles. The molecule has 0 radical (unpaired) electrons. The smallest absolute Gasteiger partial charge is 0.305 e.